The molecule has 0 bridgehead atoms. The average molecular weight is 289 g/mol. The first kappa shape index (κ1) is 13.7. The molecule has 1 heterocycles. The highest BCUT2D eigenvalue weighted by Gasteiger charge is 2.21. The Labute approximate surface area is 106 Å². The molecule has 0 saturated carbocycles. The van der Waals surface area contributed by atoms with E-state index in [0.717, 1.165) is 17.0 Å². The summed E-state index contributed by atoms with van der Waals surface area (Å²) >= 11 is 3.31. The largest absolute Gasteiger partial charge is 0.453 e. The molecule has 1 N–H and O–H groups in total. The summed E-state index contributed by atoms with van der Waals surface area (Å²) in [5.41, 5.74) is 0.137. The van der Waals surface area contributed by atoms with Crippen LogP contribution in [0.4, 0.5) is 0 Å². The highest BCUT2D eigenvalue weighted by molar-refractivity contribution is 9.10. The Hall–Kier alpha value is -0.320. The lowest BCUT2D eigenvalue weighted by atomic mass is 10.0. The van der Waals surface area contributed by atoms with Crippen molar-refractivity contribution < 1.29 is 4.42 Å². The van der Waals surface area contributed by atoms with Gasteiger partial charge < -0.3 is 14.6 Å². The van der Waals surface area contributed by atoms with Crippen molar-refractivity contribution in [1.82, 2.24) is 10.2 Å². The van der Waals surface area contributed by atoms with Gasteiger partial charge in [0.25, 0.3) is 0 Å². The van der Waals surface area contributed by atoms with Crippen molar-refractivity contribution in [2.45, 2.75) is 32.4 Å². The fraction of sp³-hybridized carbons (Fsp3) is 0.667. The van der Waals surface area contributed by atoms with Gasteiger partial charge >= 0.3 is 0 Å². The van der Waals surface area contributed by atoms with Crippen LogP contribution in [0.15, 0.2) is 21.2 Å². The first-order chi connectivity index (χ1) is 7.33. The molecule has 0 aliphatic carbocycles. The van der Waals surface area contributed by atoms with Crippen LogP contribution in [-0.4, -0.2) is 31.1 Å². The SMILES string of the molecule is CC(NCC(C)(C)N(C)C)c1ccc(Br)o1. The molecule has 0 aliphatic rings. The van der Waals surface area contributed by atoms with Crippen molar-refractivity contribution in [1.29, 1.82) is 0 Å². The summed E-state index contributed by atoms with van der Waals surface area (Å²) in [4.78, 5) is 2.21. The van der Waals surface area contributed by atoms with Gasteiger partial charge in [0.15, 0.2) is 4.67 Å². The highest BCUT2D eigenvalue weighted by atomic mass is 79.9. The molecule has 16 heavy (non-hydrogen) atoms. The van der Waals surface area contributed by atoms with Gasteiger partial charge in [-0.3, -0.25) is 0 Å². The number of hydrogen-bond acceptors (Lipinski definition) is 3. The number of likely N-dealkylation sites (N-methyl/N-ethyl adjacent to an activating group) is 1. The normalized spacial score (nSPS) is 14.4. The molecular weight excluding hydrogens is 268 g/mol. The van der Waals surface area contributed by atoms with Crippen LogP contribution in [0.2, 0.25) is 0 Å². The summed E-state index contributed by atoms with van der Waals surface area (Å²) in [5, 5.41) is 3.48. The van der Waals surface area contributed by atoms with Crippen molar-refractivity contribution in [3.8, 4) is 0 Å². The molecule has 0 fully saturated rings. The van der Waals surface area contributed by atoms with Gasteiger partial charge in [-0.2, -0.15) is 0 Å². The van der Waals surface area contributed by atoms with E-state index in [1.54, 1.807) is 0 Å². The summed E-state index contributed by atoms with van der Waals surface area (Å²) in [6.45, 7) is 7.45. The third-order valence-corrected chi connectivity index (χ3v) is 3.50. The topological polar surface area (TPSA) is 28.4 Å². The maximum atomic E-state index is 5.51. The van der Waals surface area contributed by atoms with E-state index in [4.69, 9.17) is 4.42 Å². The molecule has 1 aromatic rings. The second kappa shape index (κ2) is 5.34. The van der Waals surface area contributed by atoms with Gasteiger partial charge in [-0.05, 0) is 62.9 Å². The monoisotopic (exact) mass is 288 g/mol. The van der Waals surface area contributed by atoms with Crippen LogP contribution in [0.5, 0.6) is 0 Å². The Balaban J connectivity index is 2.50. The number of rotatable bonds is 5. The van der Waals surface area contributed by atoms with Gasteiger partial charge in [0.2, 0.25) is 0 Å². The number of nitrogens with zero attached hydrogens (tertiary/aromatic N) is 1. The zero-order valence-electron chi connectivity index (χ0n) is 10.7. The molecule has 1 unspecified atom stereocenters. The smallest absolute Gasteiger partial charge is 0.169 e. The first-order valence-electron chi connectivity index (χ1n) is 5.49. The zero-order valence-corrected chi connectivity index (χ0v) is 12.3. The van der Waals surface area contributed by atoms with E-state index < -0.39 is 0 Å². The van der Waals surface area contributed by atoms with E-state index in [-0.39, 0.29) is 11.6 Å². The molecule has 0 amide bonds. The van der Waals surface area contributed by atoms with Crippen LogP contribution in [0.25, 0.3) is 0 Å². The van der Waals surface area contributed by atoms with Crippen molar-refractivity contribution in [3.05, 3.63) is 22.6 Å². The standard InChI is InChI=1S/C12H21BrN2O/c1-9(10-6-7-11(13)16-10)14-8-12(2,3)15(4)5/h6-7,9,14H,8H2,1-5H3. The fourth-order valence-electron chi connectivity index (χ4n) is 1.22. The number of furan rings is 1. The molecular formula is C12H21BrN2O. The van der Waals surface area contributed by atoms with E-state index in [1.807, 2.05) is 12.1 Å². The van der Waals surface area contributed by atoms with Crippen molar-refractivity contribution in [2.24, 2.45) is 0 Å². The zero-order chi connectivity index (χ0) is 12.3. The molecule has 0 aliphatic heterocycles. The second-order valence-electron chi connectivity index (χ2n) is 4.95. The maximum absolute atomic E-state index is 5.51. The molecule has 3 nitrogen and oxygen atoms in total. The maximum Gasteiger partial charge on any atom is 0.169 e. The highest BCUT2D eigenvalue weighted by Crippen LogP contribution is 2.20. The molecule has 0 spiro atoms. The summed E-state index contributed by atoms with van der Waals surface area (Å²) in [6, 6.07) is 4.14. The lowest BCUT2D eigenvalue weighted by Crippen LogP contribution is -2.47. The molecule has 0 saturated heterocycles. The van der Waals surface area contributed by atoms with Crippen LogP contribution in [0.1, 0.15) is 32.6 Å². The molecule has 1 rings (SSSR count). The van der Waals surface area contributed by atoms with Gasteiger partial charge in [0, 0.05) is 12.1 Å². The van der Waals surface area contributed by atoms with Gasteiger partial charge in [0.05, 0.1) is 6.04 Å². The molecule has 0 aromatic carbocycles. The number of hydrogen-bond donors (Lipinski definition) is 1. The van der Waals surface area contributed by atoms with E-state index >= 15 is 0 Å². The van der Waals surface area contributed by atoms with E-state index in [0.29, 0.717) is 0 Å². The van der Waals surface area contributed by atoms with Crippen LogP contribution in [0.3, 0.4) is 0 Å². The molecule has 1 atom stereocenters. The minimum Gasteiger partial charge on any atom is -0.453 e. The quantitative estimate of drug-likeness (QED) is 0.903. The van der Waals surface area contributed by atoms with Crippen molar-refractivity contribution in [2.75, 3.05) is 20.6 Å². The number of nitrogens with one attached hydrogen (secondary N) is 1. The fourth-order valence-corrected chi connectivity index (χ4v) is 1.54. The van der Waals surface area contributed by atoms with Gasteiger partial charge in [-0.1, -0.05) is 0 Å². The van der Waals surface area contributed by atoms with Crippen LogP contribution in [0, 0.1) is 0 Å². The summed E-state index contributed by atoms with van der Waals surface area (Å²) < 4.78 is 6.29. The lowest BCUT2D eigenvalue weighted by Gasteiger charge is -2.33. The predicted molar refractivity (Wildman–Crippen MR) is 70.6 cm³/mol. The minimum absolute atomic E-state index is 0.137. The molecule has 92 valence electrons. The van der Waals surface area contributed by atoms with Crippen LogP contribution in [-0.2, 0) is 0 Å². The molecule has 1 aromatic heterocycles. The second-order valence-corrected chi connectivity index (χ2v) is 5.73. The average Bonchev–Trinajstić information content (AvgIpc) is 2.61. The Morgan fingerprint density at radius 1 is 1.44 bits per heavy atom. The summed E-state index contributed by atoms with van der Waals surface area (Å²) in [6.07, 6.45) is 0. The van der Waals surface area contributed by atoms with Crippen molar-refractivity contribution in [3.63, 3.8) is 0 Å². The van der Waals surface area contributed by atoms with Gasteiger partial charge in [0.1, 0.15) is 5.76 Å². The van der Waals surface area contributed by atoms with E-state index in [2.05, 4.69) is 61.0 Å². The third kappa shape index (κ3) is 3.61. The van der Waals surface area contributed by atoms with E-state index in [9.17, 15) is 0 Å². The predicted octanol–water partition coefficient (Wildman–Crippen LogP) is 3.03. The minimum atomic E-state index is 0.137. The van der Waals surface area contributed by atoms with E-state index in [1.165, 1.54) is 0 Å². The van der Waals surface area contributed by atoms with Crippen molar-refractivity contribution >= 4 is 15.9 Å². The lowest BCUT2D eigenvalue weighted by molar-refractivity contribution is 0.183. The molecule has 4 heteroatoms. The van der Waals surface area contributed by atoms with Crippen LogP contribution >= 0.6 is 15.9 Å². The Bertz CT molecular complexity index is 334. The number of halogens is 1. The summed E-state index contributed by atoms with van der Waals surface area (Å²) in [5.74, 6) is 0.960. The Kier molecular flexibility index (Phi) is 4.59. The Morgan fingerprint density at radius 2 is 2.06 bits per heavy atom. The summed E-state index contributed by atoms with van der Waals surface area (Å²) in [7, 11) is 4.19. The molecule has 0 radical (unpaired) electrons. The van der Waals surface area contributed by atoms with Gasteiger partial charge in [-0.15, -0.1) is 0 Å². The third-order valence-electron chi connectivity index (χ3n) is 3.07. The van der Waals surface area contributed by atoms with Crippen LogP contribution < -0.4 is 5.32 Å². The van der Waals surface area contributed by atoms with Gasteiger partial charge in [-0.25, -0.2) is 0 Å². The Morgan fingerprint density at radius 3 is 2.50 bits per heavy atom. The first-order valence-corrected chi connectivity index (χ1v) is 6.28.